The van der Waals surface area contributed by atoms with Gasteiger partial charge in [-0.3, -0.25) is 5.32 Å². The van der Waals surface area contributed by atoms with E-state index in [9.17, 15) is 4.79 Å². The molecule has 0 aliphatic heterocycles. The zero-order valence-corrected chi connectivity index (χ0v) is 11.2. The largest absolute Gasteiger partial charge is 0.497 e. The molecule has 20 heavy (non-hydrogen) atoms. The lowest BCUT2D eigenvalue weighted by atomic mass is 10.1. The highest BCUT2D eigenvalue weighted by Gasteiger charge is 2.02. The van der Waals surface area contributed by atoms with Crippen molar-refractivity contribution in [1.29, 1.82) is 0 Å². The number of benzene rings is 1. The molecule has 2 rings (SSSR count). The van der Waals surface area contributed by atoms with Gasteiger partial charge in [0.05, 0.1) is 7.11 Å². The maximum absolute atomic E-state index is 11.6. The third kappa shape index (κ3) is 4.24. The fourth-order valence-corrected chi connectivity index (χ4v) is 1.66. The summed E-state index contributed by atoms with van der Waals surface area (Å²) < 4.78 is 5.15. The molecule has 0 saturated heterocycles. The standard InChI is InChI=1S/C14H16N4O2/c1-20-12-5-2-4-11(10-12)6-9-17-14(19)18-13-15-7-3-8-16-13/h2-5,7-8,10H,6,9H2,1H3,(H2,15,16,17,18,19). The van der Waals surface area contributed by atoms with Gasteiger partial charge in [-0.2, -0.15) is 0 Å². The molecule has 2 amide bonds. The van der Waals surface area contributed by atoms with Gasteiger partial charge in [0.1, 0.15) is 5.75 Å². The predicted molar refractivity (Wildman–Crippen MR) is 75.8 cm³/mol. The van der Waals surface area contributed by atoms with Crippen LogP contribution in [0.5, 0.6) is 5.75 Å². The van der Waals surface area contributed by atoms with E-state index in [1.54, 1.807) is 25.6 Å². The molecule has 104 valence electrons. The van der Waals surface area contributed by atoms with Crippen LogP contribution in [0.15, 0.2) is 42.7 Å². The molecule has 0 saturated carbocycles. The summed E-state index contributed by atoms with van der Waals surface area (Å²) in [4.78, 5) is 19.4. The van der Waals surface area contributed by atoms with Crippen LogP contribution in [0.3, 0.4) is 0 Å². The number of rotatable bonds is 5. The van der Waals surface area contributed by atoms with Gasteiger partial charge in [-0.25, -0.2) is 14.8 Å². The van der Waals surface area contributed by atoms with Gasteiger partial charge >= 0.3 is 6.03 Å². The van der Waals surface area contributed by atoms with Crippen LogP contribution in [0.1, 0.15) is 5.56 Å². The lowest BCUT2D eigenvalue weighted by molar-refractivity contribution is 0.252. The van der Waals surface area contributed by atoms with Crippen molar-refractivity contribution in [3.63, 3.8) is 0 Å². The second-order valence-electron chi connectivity index (χ2n) is 4.05. The Morgan fingerprint density at radius 2 is 2.05 bits per heavy atom. The highest BCUT2D eigenvalue weighted by Crippen LogP contribution is 2.12. The van der Waals surface area contributed by atoms with Crippen LogP contribution >= 0.6 is 0 Å². The van der Waals surface area contributed by atoms with Crippen LogP contribution in [0.2, 0.25) is 0 Å². The number of ether oxygens (including phenoxy) is 1. The molecule has 1 heterocycles. The number of aromatic nitrogens is 2. The first-order valence-electron chi connectivity index (χ1n) is 6.23. The van der Waals surface area contributed by atoms with Gasteiger partial charge in [0.15, 0.2) is 0 Å². The molecule has 0 bridgehead atoms. The molecule has 0 aliphatic carbocycles. The molecule has 0 radical (unpaired) electrons. The van der Waals surface area contributed by atoms with E-state index in [-0.39, 0.29) is 12.0 Å². The number of anilines is 1. The molecule has 6 nitrogen and oxygen atoms in total. The number of nitrogens with one attached hydrogen (secondary N) is 2. The van der Waals surface area contributed by atoms with E-state index < -0.39 is 0 Å². The summed E-state index contributed by atoms with van der Waals surface area (Å²) in [7, 11) is 1.63. The second kappa shape index (κ2) is 7.08. The Kier molecular flexibility index (Phi) is 4.88. The molecule has 0 spiro atoms. The van der Waals surface area contributed by atoms with Gasteiger partial charge in [0.2, 0.25) is 5.95 Å². The monoisotopic (exact) mass is 272 g/mol. The van der Waals surface area contributed by atoms with Gasteiger partial charge in [-0.1, -0.05) is 12.1 Å². The molecule has 0 atom stereocenters. The average Bonchev–Trinajstić information content (AvgIpc) is 2.48. The van der Waals surface area contributed by atoms with Crippen LogP contribution in [-0.4, -0.2) is 29.7 Å². The van der Waals surface area contributed by atoms with Crippen LogP contribution in [-0.2, 0) is 6.42 Å². The first kappa shape index (κ1) is 13.8. The highest BCUT2D eigenvalue weighted by molar-refractivity contribution is 5.87. The number of urea groups is 1. The molecule has 1 aromatic carbocycles. The van der Waals surface area contributed by atoms with E-state index in [0.29, 0.717) is 6.54 Å². The minimum absolute atomic E-state index is 0.284. The van der Waals surface area contributed by atoms with E-state index in [1.807, 2.05) is 24.3 Å². The fraction of sp³-hybridized carbons (Fsp3) is 0.214. The van der Waals surface area contributed by atoms with E-state index in [1.165, 1.54) is 0 Å². The van der Waals surface area contributed by atoms with E-state index in [4.69, 9.17) is 4.74 Å². The molecule has 6 heteroatoms. The fourth-order valence-electron chi connectivity index (χ4n) is 1.66. The quantitative estimate of drug-likeness (QED) is 0.871. The summed E-state index contributed by atoms with van der Waals surface area (Å²) in [5.74, 6) is 1.09. The summed E-state index contributed by atoms with van der Waals surface area (Å²) >= 11 is 0. The molecule has 0 unspecified atom stereocenters. The van der Waals surface area contributed by atoms with Gasteiger partial charge < -0.3 is 10.1 Å². The Labute approximate surface area is 117 Å². The minimum atomic E-state index is -0.320. The zero-order valence-electron chi connectivity index (χ0n) is 11.2. The van der Waals surface area contributed by atoms with Crippen LogP contribution in [0, 0.1) is 0 Å². The SMILES string of the molecule is COc1cccc(CCNC(=O)Nc2ncccn2)c1. The number of hydrogen-bond donors (Lipinski definition) is 2. The summed E-state index contributed by atoms with van der Waals surface area (Å²) in [5, 5.41) is 5.30. The van der Waals surface area contributed by atoms with Gasteiger partial charge in [-0.05, 0) is 30.2 Å². The third-order valence-electron chi connectivity index (χ3n) is 2.62. The van der Waals surface area contributed by atoms with E-state index >= 15 is 0 Å². The van der Waals surface area contributed by atoms with Crippen molar-refractivity contribution in [2.45, 2.75) is 6.42 Å². The van der Waals surface area contributed by atoms with Crippen molar-refractivity contribution >= 4 is 12.0 Å². The maximum Gasteiger partial charge on any atom is 0.321 e. The van der Waals surface area contributed by atoms with Gasteiger partial charge in [0.25, 0.3) is 0 Å². The number of methoxy groups -OCH3 is 1. The highest BCUT2D eigenvalue weighted by atomic mass is 16.5. The van der Waals surface area contributed by atoms with E-state index in [2.05, 4.69) is 20.6 Å². The first-order chi connectivity index (χ1) is 9.78. The third-order valence-corrected chi connectivity index (χ3v) is 2.62. The normalized spacial score (nSPS) is 9.85. The van der Waals surface area contributed by atoms with Crippen molar-refractivity contribution in [1.82, 2.24) is 15.3 Å². The Morgan fingerprint density at radius 3 is 2.80 bits per heavy atom. The van der Waals surface area contributed by atoms with Gasteiger partial charge in [-0.15, -0.1) is 0 Å². The number of carbonyl (C=O) groups excluding carboxylic acids is 1. The van der Waals surface area contributed by atoms with Crippen molar-refractivity contribution in [2.75, 3.05) is 19.0 Å². The number of nitrogens with zero attached hydrogens (tertiary/aromatic N) is 2. The summed E-state index contributed by atoms with van der Waals surface area (Å²) in [6.07, 6.45) is 3.86. The zero-order chi connectivity index (χ0) is 14.2. The molecule has 0 aliphatic rings. The predicted octanol–water partition coefficient (Wildman–Crippen LogP) is 1.85. The lowest BCUT2D eigenvalue weighted by Gasteiger charge is -2.07. The topological polar surface area (TPSA) is 76.1 Å². The lowest BCUT2D eigenvalue weighted by Crippen LogP contribution is -2.31. The summed E-state index contributed by atoms with van der Waals surface area (Å²) in [6, 6.07) is 9.11. The molecular formula is C14H16N4O2. The maximum atomic E-state index is 11.6. The Bertz CT molecular complexity index is 560. The molecule has 1 aromatic heterocycles. The van der Waals surface area contributed by atoms with Crippen LogP contribution in [0.25, 0.3) is 0 Å². The molecule has 0 fully saturated rings. The van der Waals surface area contributed by atoms with Gasteiger partial charge in [0, 0.05) is 18.9 Å². The second-order valence-corrected chi connectivity index (χ2v) is 4.05. The molecule has 2 aromatic rings. The molecule has 2 N–H and O–H groups in total. The minimum Gasteiger partial charge on any atom is -0.497 e. The number of carbonyl (C=O) groups is 1. The first-order valence-corrected chi connectivity index (χ1v) is 6.23. The van der Waals surface area contributed by atoms with Crippen molar-refractivity contribution in [2.24, 2.45) is 0 Å². The Morgan fingerprint density at radius 1 is 1.25 bits per heavy atom. The van der Waals surface area contributed by atoms with E-state index in [0.717, 1.165) is 17.7 Å². The molecular weight excluding hydrogens is 256 g/mol. The van der Waals surface area contributed by atoms with Crippen molar-refractivity contribution < 1.29 is 9.53 Å². The smallest absolute Gasteiger partial charge is 0.321 e. The van der Waals surface area contributed by atoms with Crippen LogP contribution < -0.4 is 15.4 Å². The summed E-state index contributed by atoms with van der Waals surface area (Å²) in [6.45, 7) is 0.520. The number of hydrogen-bond acceptors (Lipinski definition) is 4. The van der Waals surface area contributed by atoms with Crippen LogP contribution in [0.4, 0.5) is 10.7 Å². The van der Waals surface area contributed by atoms with Crippen molar-refractivity contribution in [3.8, 4) is 5.75 Å². The summed E-state index contributed by atoms with van der Waals surface area (Å²) in [5.41, 5.74) is 1.10. The number of amides is 2. The van der Waals surface area contributed by atoms with Crippen molar-refractivity contribution in [3.05, 3.63) is 48.3 Å². The average molecular weight is 272 g/mol. The Balaban J connectivity index is 1.76. The Hall–Kier alpha value is -2.63.